The van der Waals surface area contributed by atoms with Gasteiger partial charge in [0.1, 0.15) is 0 Å². The summed E-state index contributed by atoms with van der Waals surface area (Å²) in [7, 11) is 4.10. The van der Waals surface area contributed by atoms with E-state index < -0.39 is 6.10 Å². The Morgan fingerprint density at radius 3 is 2.21 bits per heavy atom. The number of benzene rings is 1. The van der Waals surface area contributed by atoms with E-state index in [0.717, 1.165) is 31.4 Å². The second-order valence-electron chi connectivity index (χ2n) is 8.58. The zero-order chi connectivity index (χ0) is 20.7. The first-order chi connectivity index (χ1) is 13.4. The summed E-state index contributed by atoms with van der Waals surface area (Å²) in [5.41, 5.74) is 0.956. The van der Waals surface area contributed by atoms with Crippen molar-refractivity contribution in [3.63, 3.8) is 0 Å². The van der Waals surface area contributed by atoms with Gasteiger partial charge in [0.2, 0.25) is 0 Å². The van der Waals surface area contributed by atoms with E-state index in [9.17, 15) is 9.90 Å². The first kappa shape index (κ1) is 24.6. The summed E-state index contributed by atoms with van der Waals surface area (Å²) in [6.07, 6.45) is 11.1. The van der Waals surface area contributed by atoms with Crippen LogP contribution in [0.15, 0.2) is 30.3 Å². The van der Waals surface area contributed by atoms with Crippen LogP contribution in [0.5, 0.6) is 0 Å². The number of quaternary nitrogens is 1. The third-order valence-corrected chi connectivity index (χ3v) is 5.24. The molecule has 1 unspecified atom stereocenters. The van der Waals surface area contributed by atoms with E-state index in [2.05, 4.69) is 6.92 Å². The lowest BCUT2D eigenvalue weighted by Crippen LogP contribution is -2.45. The van der Waals surface area contributed by atoms with Crippen LogP contribution in [0.1, 0.15) is 82.8 Å². The third-order valence-electron chi connectivity index (χ3n) is 5.24. The van der Waals surface area contributed by atoms with Crippen LogP contribution in [0.25, 0.3) is 0 Å². The lowest BCUT2D eigenvalue weighted by Gasteiger charge is -2.29. The Hall–Kier alpha value is -1.39. The fourth-order valence-corrected chi connectivity index (χ4v) is 3.45. The van der Waals surface area contributed by atoms with Crippen LogP contribution in [-0.4, -0.2) is 49.4 Å². The number of rotatable bonds is 16. The Balaban J connectivity index is 2.08. The number of hydrogen-bond donors (Lipinski definition) is 1. The van der Waals surface area contributed by atoms with Crippen molar-refractivity contribution in [3.8, 4) is 0 Å². The third kappa shape index (κ3) is 12.1. The van der Waals surface area contributed by atoms with Crippen molar-refractivity contribution in [3.05, 3.63) is 35.9 Å². The van der Waals surface area contributed by atoms with E-state index in [-0.39, 0.29) is 5.97 Å². The van der Waals surface area contributed by atoms with Crippen LogP contribution >= 0.6 is 0 Å². The molecule has 0 spiro atoms. The highest BCUT2D eigenvalue weighted by molar-refractivity contribution is 5.70. The number of unbranched alkanes of at least 4 members (excludes halogenated alkanes) is 7. The van der Waals surface area contributed by atoms with Gasteiger partial charge >= 0.3 is 5.97 Å². The van der Waals surface area contributed by atoms with Gasteiger partial charge in [-0.05, 0) is 24.8 Å². The Labute approximate surface area is 172 Å². The molecule has 160 valence electrons. The topological polar surface area (TPSA) is 46.5 Å². The van der Waals surface area contributed by atoms with Gasteiger partial charge in [0.25, 0.3) is 0 Å². The van der Waals surface area contributed by atoms with Gasteiger partial charge in [-0.2, -0.15) is 0 Å². The predicted molar refractivity (Wildman–Crippen MR) is 116 cm³/mol. The highest BCUT2D eigenvalue weighted by atomic mass is 16.5. The van der Waals surface area contributed by atoms with Crippen molar-refractivity contribution in [1.29, 1.82) is 0 Å². The molecule has 28 heavy (non-hydrogen) atoms. The highest BCUT2D eigenvalue weighted by Crippen LogP contribution is 2.18. The minimum Gasteiger partial charge on any atom is -0.462 e. The minimum absolute atomic E-state index is 0.114. The molecule has 0 aromatic heterocycles. The Bertz CT molecular complexity index is 516. The normalized spacial score (nSPS) is 12.7. The van der Waals surface area contributed by atoms with Crippen molar-refractivity contribution in [1.82, 2.24) is 0 Å². The summed E-state index contributed by atoms with van der Waals surface area (Å²) in [4.78, 5) is 12.1. The smallest absolute Gasteiger partial charge is 0.361 e. The van der Waals surface area contributed by atoms with Gasteiger partial charge in [-0.1, -0.05) is 82.2 Å². The molecule has 1 N–H and O–H groups in total. The van der Waals surface area contributed by atoms with E-state index >= 15 is 0 Å². The molecule has 0 aliphatic carbocycles. The van der Waals surface area contributed by atoms with E-state index in [0.29, 0.717) is 24.1 Å². The molecule has 4 heteroatoms. The van der Waals surface area contributed by atoms with Crippen molar-refractivity contribution < 1.29 is 19.1 Å². The molecule has 4 nitrogen and oxygen atoms in total. The number of esters is 1. The van der Waals surface area contributed by atoms with Gasteiger partial charge in [-0.3, -0.25) is 0 Å². The fraction of sp³-hybridized carbons (Fsp3) is 0.708. The summed E-state index contributed by atoms with van der Waals surface area (Å²) in [5.74, 6) is -0.114. The summed E-state index contributed by atoms with van der Waals surface area (Å²) >= 11 is 0. The first-order valence-corrected chi connectivity index (χ1v) is 11.2. The average Bonchev–Trinajstić information content (AvgIpc) is 2.66. The number of carbonyl (C=O) groups is 1. The molecule has 0 fully saturated rings. The molecule has 0 radical (unpaired) electrons. The maximum absolute atomic E-state index is 12.1. The molecule has 0 bridgehead atoms. The number of carbonyl (C=O) groups excluding carboxylic acids is 1. The zero-order valence-electron chi connectivity index (χ0n) is 18.4. The molecule has 1 aromatic carbocycles. The Morgan fingerprint density at radius 1 is 0.964 bits per heavy atom. The Morgan fingerprint density at radius 2 is 1.57 bits per heavy atom. The summed E-state index contributed by atoms with van der Waals surface area (Å²) in [6, 6.07) is 9.75. The number of hydrogen-bond acceptors (Lipinski definition) is 3. The van der Waals surface area contributed by atoms with Crippen molar-refractivity contribution in [2.45, 2.75) is 77.2 Å². The average molecular weight is 393 g/mol. The Kier molecular flexibility index (Phi) is 12.8. The maximum Gasteiger partial charge on any atom is 0.361 e. The fourth-order valence-electron chi connectivity index (χ4n) is 3.45. The second-order valence-corrected chi connectivity index (χ2v) is 8.58. The van der Waals surface area contributed by atoms with Crippen molar-refractivity contribution >= 4 is 5.97 Å². The summed E-state index contributed by atoms with van der Waals surface area (Å²) < 4.78 is 6.01. The quantitative estimate of drug-likeness (QED) is 0.237. The molecule has 1 aromatic rings. The van der Waals surface area contributed by atoms with Crippen LogP contribution in [-0.2, 0) is 9.53 Å². The van der Waals surface area contributed by atoms with Gasteiger partial charge in [0, 0.05) is 0 Å². The number of aliphatic hydroxyl groups is 1. The molecule has 0 saturated carbocycles. The van der Waals surface area contributed by atoms with Crippen LogP contribution in [0.3, 0.4) is 0 Å². The van der Waals surface area contributed by atoms with Crippen LogP contribution in [0.2, 0.25) is 0 Å². The number of likely N-dealkylation sites (N-methyl/N-ethyl adjacent to an activating group) is 1. The maximum atomic E-state index is 12.1. The van der Waals surface area contributed by atoms with Gasteiger partial charge < -0.3 is 14.3 Å². The van der Waals surface area contributed by atoms with Gasteiger partial charge in [0.05, 0.1) is 33.4 Å². The highest BCUT2D eigenvalue weighted by Gasteiger charge is 2.21. The first-order valence-electron chi connectivity index (χ1n) is 11.2. The van der Waals surface area contributed by atoms with Crippen molar-refractivity contribution in [2.75, 3.05) is 33.8 Å². The monoisotopic (exact) mass is 392 g/mol. The van der Waals surface area contributed by atoms with Crippen LogP contribution in [0, 0.1) is 0 Å². The van der Waals surface area contributed by atoms with E-state index in [1.54, 1.807) is 0 Å². The molecule has 0 aliphatic rings. The largest absolute Gasteiger partial charge is 0.462 e. The molecular formula is C24H42NO3+. The predicted octanol–water partition coefficient (Wildman–Crippen LogP) is 5.26. The number of aliphatic hydroxyl groups excluding tert-OH is 1. The van der Waals surface area contributed by atoms with E-state index in [1.165, 1.54) is 38.5 Å². The molecule has 0 heterocycles. The molecule has 1 rings (SSSR count). The van der Waals surface area contributed by atoms with E-state index in [4.69, 9.17) is 4.74 Å². The molecule has 1 atom stereocenters. The lowest BCUT2D eigenvalue weighted by molar-refractivity contribution is -0.883. The van der Waals surface area contributed by atoms with Gasteiger partial charge in [-0.15, -0.1) is 0 Å². The lowest BCUT2D eigenvalue weighted by atomic mass is 10.0. The second kappa shape index (κ2) is 14.6. The van der Waals surface area contributed by atoms with Gasteiger partial charge in [-0.25, -0.2) is 4.79 Å². The van der Waals surface area contributed by atoms with Crippen LogP contribution < -0.4 is 0 Å². The molecule has 0 saturated heterocycles. The molecular weight excluding hydrogens is 350 g/mol. The van der Waals surface area contributed by atoms with Crippen LogP contribution in [0.4, 0.5) is 0 Å². The summed E-state index contributed by atoms with van der Waals surface area (Å²) in [6.45, 7) is 4.01. The minimum atomic E-state index is -0.435. The number of nitrogens with zero attached hydrogens (tertiary/aromatic N) is 1. The molecule has 0 amide bonds. The standard InChI is InChI=1S/C24H42NO3/c1-4-5-6-7-8-9-10-14-20-28-24(27)21-25(2,3)19-15-18-23(26)22-16-12-11-13-17-22/h11-13,16-17,23,26H,4-10,14-15,18-21H2,1-3H3/q+1. The van der Waals surface area contributed by atoms with E-state index in [1.807, 2.05) is 44.4 Å². The van der Waals surface area contributed by atoms with Crippen molar-refractivity contribution in [2.24, 2.45) is 0 Å². The summed E-state index contributed by atoms with van der Waals surface area (Å²) in [5, 5.41) is 10.2. The molecule has 0 aliphatic heterocycles. The zero-order valence-corrected chi connectivity index (χ0v) is 18.4. The number of ether oxygens (including phenoxy) is 1. The SMILES string of the molecule is CCCCCCCCCCOC(=O)C[N+](C)(C)CCCC(O)c1ccccc1. The van der Waals surface area contributed by atoms with Gasteiger partial charge in [0.15, 0.2) is 6.54 Å².